The Morgan fingerprint density at radius 1 is 1.32 bits per heavy atom. The normalized spacial score (nSPS) is 16.4. The minimum Gasteiger partial charge on any atom is -0.433 e. The molecule has 0 unspecified atom stereocenters. The van der Waals surface area contributed by atoms with Crippen molar-refractivity contribution < 1.29 is 23.4 Å². The van der Waals surface area contributed by atoms with E-state index in [1.54, 1.807) is 18.3 Å². The van der Waals surface area contributed by atoms with E-state index in [9.17, 15) is 18.7 Å². The van der Waals surface area contributed by atoms with Gasteiger partial charge in [0.25, 0.3) is 5.91 Å². The van der Waals surface area contributed by atoms with Crippen LogP contribution in [0.5, 0.6) is 5.75 Å². The fourth-order valence-corrected chi connectivity index (χ4v) is 3.39. The minimum absolute atomic E-state index is 0.00847. The standard InChI is InChI=1S/C21H21F2N5O3/c1-21(22,23)31-16-4-2-14(3-5-16)26-20(30)13-10-17(18-6-8-25-27-18)19(24-11-13)28-9-7-15(29)12-28/h2-6,8,10-11,15,29H,7,9,12H2,1H3,(H,25,27)(H,26,30)/t15-/m1/s1. The predicted molar refractivity (Wildman–Crippen MR) is 110 cm³/mol. The van der Waals surface area contributed by atoms with E-state index in [1.807, 2.05) is 4.90 Å². The van der Waals surface area contributed by atoms with Crippen molar-refractivity contribution in [3.05, 3.63) is 54.4 Å². The monoisotopic (exact) mass is 429 g/mol. The van der Waals surface area contributed by atoms with E-state index in [4.69, 9.17) is 0 Å². The Bertz CT molecular complexity index is 1050. The first-order valence-electron chi connectivity index (χ1n) is 9.69. The highest BCUT2D eigenvalue weighted by atomic mass is 19.3. The number of aliphatic hydroxyl groups excluding tert-OH is 1. The van der Waals surface area contributed by atoms with Gasteiger partial charge in [0.2, 0.25) is 0 Å². The molecule has 2 aromatic heterocycles. The van der Waals surface area contributed by atoms with E-state index >= 15 is 0 Å². The molecule has 0 aliphatic carbocycles. The van der Waals surface area contributed by atoms with Crippen LogP contribution < -0.4 is 15.0 Å². The lowest BCUT2D eigenvalue weighted by Crippen LogP contribution is -2.23. The van der Waals surface area contributed by atoms with Crippen LogP contribution >= 0.6 is 0 Å². The number of carbonyl (C=O) groups is 1. The van der Waals surface area contributed by atoms with Gasteiger partial charge in [-0.3, -0.25) is 9.89 Å². The number of carbonyl (C=O) groups excluding carboxylic acids is 1. The van der Waals surface area contributed by atoms with Gasteiger partial charge >= 0.3 is 6.11 Å². The number of alkyl halides is 2. The summed E-state index contributed by atoms with van der Waals surface area (Å²) in [6, 6.07) is 9.12. The summed E-state index contributed by atoms with van der Waals surface area (Å²) in [6.45, 7) is 1.77. The maximum atomic E-state index is 12.9. The quantitative estimate of drug-likeness (QED) is 0.556. The van der Waals surface area contributed by atoms with Gasteiger partial charge in [0.05, 0.1) is 17.4 Å². The van der Waals surface area contributed by atoms with Crippen molar-refractivity contribution >= 4 is 17.4 Å². The van der Waals surface area contributed by atoms with Crippen LogP contribution in [0.3, 0.4) is 0 Å². The number of aromatic nitrogens is 3. The molecule has 162 valence electrons. The number of hydrogen-bond donors (Lipinski definition) is 3. The zero-order valence-electron chi connectivity index (χ0n) is 16.7. The molecule has 1 aliphatic heterocycles. The van der Waals surface area contributed by atoms with E-state index in [0.717, 1.165) is 0 Å². The molecule has 3 N–H and O–H groups in total. The Morgan fingerprint density at radius 3 is 2.71 bits per heavy atom. The lowest BCUT2D eigenvalue weighted by atomic mass is 10.1. The number of anilines is 2. The molecule has 8 nitrogen and oxygen atoms in total. The Labute approximate surface area is 176 Å². The molecule has 4 rings (SSSR count). The summed E-state index contributed by atoms with van der Waals surface area (Å²) in [5.41, 5.74) is 2.12. The number of ether oxygens (including phenoxy) is 1. The van der Waals surface area contributed by atoms with Gasteiger partial charge in [-0.25, -0.2) is 4.98 Å². The number of aromatic amines is 1. The summed E-state index contributed by atoms with van der Waals surface area (Å²) in [6.07, 6.45) is 0.0141. The summed E-state index contributed by atoms with van der Waals surface area (Å²) < 4.78 is 30.4. The highest BCUT2D eigenvalue weighted by molar-refractivity contribution is 6.05. The van der Waals surface area contributed by atoms with Gasteiger partial charge in [-0.1, -0.05) is 0 Å². The van der Waals surface area contributed by atoms with E-state index in [-0.39, 0.29) is 5.75 Å². The molecule has 1 amide bonds. The van der Waals surface area contributed by atoms with Crippen LogP contribution in [0.4, 0.5) is 20.3 Å². The first-order valence-corrected chi connectivity index (χ1v) is 9.69. The number of nitrogens with zero attached hydrogens (tertiary/aromatic N) is 3. The molecule has 0 bridgehead atoms. The molecule has 1 aromatic carbocycles. The Kier molecular flexibility index (Phi) is 5.55. The maximum Gasteiger partial charge on any atom is 0.394 e. The highest BCUT2D eigenvalue weighted by Gasteiger charge is 2.25. The second kappa shape index (κ2) is 8.31. The van der Waals surface area contributed by atoms with Crippen molar-refractivity contribution in [3.8, 4) is 17.0 Å². The summed E-state index contributed by atoms with van der Waals surface area (Å²) in [7, 11) is 0. The van der Waals surface area contributed by atoms with Crippen LogP contribution in [0, 0.1) is 0 Å². The van der Waals surface area contributed by atoms with Crippen LogP contribution in [-0.4, -0.2) is 51.5 Å². The van der Waals surface area contributed by atoms with Gasteiger partial charge in [0, 0.05) is 43.7 Å². The topological polar surface area (TPSA) is 103 Å². The number of H-pyrrole nitrogens is 1. The third-order valence-electron chi connectivity index (χ3n) is 4.79. The Balaban J connectivity index is 1.55. The lowest BCUT2D eigenvalue weighted by Gasteiger charge is -2.20. The van der Waals surface area contributed by atoms with E-state index in [2.05, 4.69) is 25.2 Å². The van der Waals surface area contributed by atoms with Crippen LogP contribution in [0.25, 0.3) is 11.3 Å². The molecular weight excluding hydrogens is 408 g/mol. The van der Waals surface area contributed by atoms with Gasteiger partial charge in [0.15, 0.2) is 0 Å². The summed E-state index contributed by atoms with van der Waals surface area (Å²) in [5, 5.41) is 19.4. The third kappa shape index (κ3) is 4.97. The fourth-order valence-electron chi connectivity index (χ4n) is 3.39. The summed E-state index contributed by atoms with van der Waals surface area (Å²) in [5.74, 6) is 0.237. The van der Waals surface area contributed by atoms with Crippen molar-refractivity contribution in [1.82, 2.24) is 15.2 Å². The van der Waals surface area contributed by atoms with Crippen molar-refractivity contribution in [2.75, 3.05) is 23.3 Å². The van der Waals surface area contributed by atoms with Crippen LogP contribution in [0.1, 0.15) is 23.7 Å². The molecular formula is C21H21F2N5O3. The first kappa shape index (κ1) is 20.7. The zero-order chi connectivity index (χ0) is 22.0. The number of amides is 1. The smallest absolute Gasteiger partial charge is 0.394 e. The number of nitrogens with one attached hydrogen (secondary N) is 2. The van der Waals surface area contributed by atoms with Gasteiger partial charge < -0.3 is 20.1 Å². The molecule has 1 saturated heterocycles. The summed E-state index contributed by atoms with van der Waals surface area (Å²) in [4.78, 5) is 19.2. The van der Waals surface area contributed by atoms with Crippen molar-refractivity contribution in [2.24, 2.45) is 0 Å². The maximum absolute atomic E-state index is 12.9. The van der Waals surface area contributed by atoms with Gasteiger partial charge in [-0.15, -0.1) is 0 Å². The molecule has 3 heterocycles. The number of pyridine rings is 1. The van der Waals surface area contributed by atoms with Gasteiger partial charge in [-0.05, 0) is 42.8 Å². The molecule has 0 saturated carbocycles. The molecule has 0 spiro atoms. The number of aliphatic hydroxyl groups is 1. The van der Waals surface area contributed by atoms with Crippen molar-refractivity contribution in [1.29, 1.82) is 0 Å². The molecule has 31 heavy (non-hydrogen) atoms. The number of hydrogen-bond acceptors (Lipinski definition) is 6. The number of rotatable bonds is 6. The number of benzene rings is 1. The van der Waals surface area contributed by atoms with Crippen LogP contribution in [0.15, 0.2) is 48.8 Å². The average Bonchev–Trinajstić information content (AvgIpc) is 3.40. The third-order valence-corrected chi connectivity index (χ3v) is 4.79. The van der Waals surface area contributed by atoms with Gasteiger partial charge in [0.1, 0.15) is 11.6 Å². The average molecular weight is 429 g/mol. The van der Waals surface area contributed by atoms with E-state index in [1.165, 1.54) is 30.5 Å². The van der Waals surface area contributed by atoms with Crippen LogP contribution in [-0.2, 0) is 0 Å². The van der Waals surface area contributed by atoms with Crippen molar-refractivity contribution in [2.45, 2.75) is 25.6 Å². The lowest BCUT2D eigenvalue weighted by molar-refractivity contribution is -0.158. The molecule has 1 aliphatic rings. The Morgan fingerprint density at radius 2 is 2.10 bits per heavy atom. The largest absolute Gasteiger partial charge is 0.433 e. The second-order valence-corrected chi connectivity index (χ2v) is 7.34. The van der Waals surface area contributed by atoms with E-state index < -0.39 is 18.1 Å². The second-order valence-electron chi connectivity index (χ2n) is 7.34. The Hall–Kier alpha value is -3.53. The predicted octanol–water partition coefficient (Wildman–Crippen LogP) is 3.29. The molecule has 10 heteroatoms. The first-order chi connectivity index (χ1) is 14.8. The minimum atomic E-state index is -3.29. The number of β-amino-alcohol motifs (C(OH)–C–C–N with tert-alkyl or cyclic N) is 1. The van der Waals surface area contributed by atoms with Crippen molar-refractivity contribution in [3.63, 3.8) is 0 Å². The SMILES string of the molecule is CC(F)(F)Oc1ccc(NC(=O)c2cnc(N3CC[C@@H](O)C3)c(-c3ccn[nH]3)c2)cc1. The molecule has 1 atom stereocenters. The summed E-state index contributed by atoms with van der Waals surface area (Å²) >= 11 is 0. The molecule has 1 fully saturated rings. The van der Waals surface area contributed by atoms with Gasteiger partial charge in [-0.2, -0.15) is 13.9 Å². The molecule has 0 radical (unpaired) electrons. The fraction of sp³-hybridized carbons (Fsp3) is 0.286. The van der Waals surface area contributed by atoms with Crippen LogP contribution in [0.2, 0.25) is 0 Å². The molecule has 3 aromatic rings. The highest BCUT2D eigenvalue weighted by Crippen LogP contribution is 2.31. The number of halogens is 2. The zero-order valence-corrected chi connectivity index (χ0v) is 16.7. The van der Waals surface area contributed by atoms with E-state index in [0.29, 0.717) is 54.8 Å².